The lowest BCUT2D eigenvalue weighted by atomic mass is 10.0. The number of aryl methyl sites for hydroxylation is 2. The number of carbonyl (C=O) groups excluding carboxylic acids is 1. The van der Waals surface area contributed by atoms with E-state index in [1.165, 1.54) is 10.2 Å². The Balaban J connectivity index is 1.61. The van der Waals surface area contributed by atoms with Crippen molar-refractivity contribution in [2.75, 3.05) is 0 Å². The van der Waals surface area contributed by atoms with Crippen LogP contribution in [0.25, 0.3) is 10.9 Å². The van der Waals surface area contributed by atoms with Crippen LogP contribution in [0.1, 0.15) is 37.4 Å². The van der Waals surface area contributed by atoms with Crippen LogP contribution in [0, 0.1) is 0 Å². The second kappa shape index (κ2) is 7.91. The molecule has 0 radical (unpaired) electrons. The Hall–Kier alpha value is -3.02. The van der Waals surface area contributed by atoms with Crippen molar-refractivity contribution in [3.8, 4) is 0 Å². The van der Waals surface area contributed by atoms with E-state index in [4.69, 9.17) is 0 Å². The molecule has 2 aromatic carbocycles. The summed E-state index contributed by atoms with van der Waals surface area (Å²) in [5.74, 6) is -0.126. The second-order valence-electron chi connectivity index (χ2n) is 6.27. The summed E-state index contributed by atoms with van der Waals surface area (Å²) in [5, 5.41) is 11.4. The molecule has 1 unspecified atom stereocenters. The molecular formula is C20H22N4O2. The van der Waals surface area contributed by atoms with E-state index in [0.717, 1.165) is 12.0 Å². The van der Waals surface area contributed by atoms with Gasteiger partial charge in [-0.2, -0.15) is 0 Å². The molecule has 3 rings (SSSR count). The Morgan fingerprint density at radius 1 is 1.15 bits per heavy atom. The first-order valence-electron chi connectivity index (χ1n) is 8.79. The van der Waals surface area contributed by atoms with E-state index in [-0.39, 0.29) is 30.5 Å². The maximum absolute atomic E-state index is 12.4. The third-order valence-corrected chi connectivity index (χ3v) is 4.45. The Labute approximate surface area is 151 Å². The molecule has 0 saturated heterocycles. The third kappa shape index (κ3) is 3.96. The fourth-order valence-corrected chi connectivity index (χ4v) is 2.82. The number of nitrogens with zero attached hydrogens (tertiary/aromatic N) is 3. The molecule has 134 valence electrons. The fraction of sp³-hybridized carbons (Fsp3) is 0.300. The van der Waals surface area contributed by atoms with Gasteiger partial charge in [0, 0.05) is 6.42 Å². The quantitative estimate of drug-likeness (QED) is 0.741. The lowest BCUT2D eigenvalue weighted by molar-refractivity contribution is -0.122. The summed E-state index contributed by atoms with van der Waals surface area (Å²) < 4.78 is 1.24. The minimum absolute atomic E-state index is 0.0900. The van der Waals surface area contributed by atoms with Crippen LogP contribution in [0.2, 0.25) is 0 Å². The highest BCUT2D eigenvalue weighted by Gasteiger charge is 2.11. The second-order valence-corrected chi connectivity index (χ2v) is 6.27. The predicted molar refractivity (Wildman–Crippen MR) is 101 cm³/mol. The molecule has 1 atom stereocenters. The van der Waals surface area contributed by atoms with Crippen molar-refractivity contribution in [2.45, 2.75) is 39.3 Å². The van der Waals surface area contributed by atoms with E-state index in [0.29, 0.717) is 10.9 Å². The van der Waals surface area contributed by atoms with Gasteiger partial charge in [0.05, 0.1) is 18.0 Å². The zero-order valence-corrected chi connectivity index (χ0v) is 15.0. The summed E-state index contributed by atoms with van der Waals surface area (Å²) in [5.41, 5.74) is 2.65. The van der Waals surface area contributed by atoms with Crippen LogP contribution in [-0.4, -0.2) is 20.9 Å². The normalized spacial score (nSPS) is 12.1. The van der Waals surface area contributed by atoms with Gasteiger partial charge in [0.15, 0.2) is 0 Å². The zero-order chi connectivity index (χ0) is 18.5. The van der Waals surface area contributed by atoms with Crippen LogP contribution in [0.5, 0.6) is 0 Å². The number of fused-ring (bicyclic) bond motifs is 1. The smallest absolute Gasteiger partial charge is 0.277 e. The van der Waals surface area contributed by atoms with Gasteiger partial charge in [0.2, 0.25) is 5.91 Å². The maximum Gasteiger partial charge on any atom is 0.277 e. The molecule has 0 aliphatic heterocycles. The van der Waals surface area contributed by atoms with Crippen molar-refractivity contribution in [1.29, 1.82) is 0 Å². The van der Waals surface area contributed by atoms with Gasteiger partial charge in [-0.1, -0.05) is 48.5 Å². The molecule has 6 nitrogen and oxygen atoms in total. The summed E-state index contributed by atoms with van der Waals surface area (Å²) in [6, 6.07) is 15.2. The van der Waals surface area contributed by atoms with E-state index < -0.39 is 0 Å². The number of aromatic nitrogens is 3. The van der Waals surface area contributed by atoms with Gasteiger partial charge in [0.25, 0.3) is 5.56 Å². The van der Waals surface area contributed by atoms with Gasteiger partial charge in [-0.25, -0.2) is 4.68 Å². The van der Waals surface area contributed by atoms with E-state index >= 15 is 0 Å². The molecule has 0 fully saturated rings. The van der Waals surface area contributed by atoms with Crippen molar-refractivity contribution < 1.29 is 4.79 Å². The minimum atomic E-state index is -0.230. The Bertz CT molecular complexity index is 963. The standard InChI is InChI=1S/C20H22N4O2/c1-3-15-8-10-16(11-9-15)14(2)21-19(25)12-13-24-20(26)17-6-4-5-7-18(17)22-23-24/h4-11,14H,3,12-13H2,1-2H3,(H,21,25). The van der Waals surface area contributed by atoms with E-state index in [9.17, 15) is 9.59 Å². The number of amides is 1. The first-order valence-corrected chi connectivity index (χ1v) is 8.79. The Kier molecular flexibility index (Phi) is 5.41. The van der Waals surface area contributed by atoms with E-state index in [1.807, 2.05) is 25.1 Å². The van der Waals surface area contributed by atoms with Crippen molar-refractivity contribution in [1.82, 2.24) is 20.3 Å². The topological polar surface area (TPSA) is 76.9 Å². The van der Waals surface area contributed by atoms with E-state index in [1.54, 1.807) is 18.2 Å². The highest BCUT2D eigenvalue weighted by Crippen LogP contribution is 2.14. The number of carbonyl (C=O) groups is 1. The molecule has 1 aromatic heterocycles. The van der Waals surface area contributed by atoms with Crippen LogP contribution in [0.3, 0.4) is 0 Å². The number of hydrogen-bond donors (Lipinski definition) is 1. The highest BCUT2D eigenvalue weighted by atomic mass is 16.2. The monoisotopic (exact) mass is 350 g/mol. The Morgan fingerprint density at radius 3 is 2.62 bits per heavy atom. The molecule has 0 aliphatic rings. The van der Waals surface area contributed by atoms with Gasteiger partial charge in [0.1, 0.15) is 5.52 Å². The molecule has 0 spiro atoms. The SMILES string of the molecule is CCc1ccc(C(C)NC(=O)CCn2nnc3ccccc3c2=O)cc1. The minimum Gasteiger partial charge on any atom is -0.350 e. The van der Waals surface area contributed by atoms with Crippen LogP contribution >= 0.6 is 0 Å². The lowest BCUT2D eigenvalue weighted by Gasteiger charge is -2.15. The summed E-state index contributed by atoms with van der Waals surface area (Å²) in [7, 11) is 0. The van der Waals surface area contributed by atoms with Crippen LogP contribution in [-0.2, 0) is 17.8 Å². The maximum atomic E-state index is 12.4. The third-order valence-electron chi connectivity index (χ3n) is 4.45. The van der Waals surface area contributed by atoms with Gasteiger partial charge in [-0.05, 0) is 36.6 Å². The fourth-order valence-electron chi connectivity index (χ4n) is 2.82. The van der Waals surface area contributed by atoms with Crippen LogP contribution in [0.15, 0.2) is 53.3 Å². The molecule has 26 heavy (non-hydrogen) atoms. The predicted octanol–water partition coefficient (Wildman–Crippen LogP) is 2.62. The summed E-state index contributed by atoms with van der Waals surface area (Å²) >= 11 is 0. The summed E-state index contributed by atoms with van der Waals surface area (Å²) in [6.45, 7) is 4.25. The summed E-state index contributed by atoms with van der Waals surface area (Å²) in [6.07, 6.45) is 1.16. The van der Waals surface area contributed by atoms with Crippen molar-refractivity contribution >= 4 is 16.8 Å². The molecule has 1 amide bonds. The van der Waals surface area contributed by atoms with Gasteiger partial charge in [-0.3, -0.25) is 9.59 Å². The van der Waals surface area contributed by atoms with E-state index in [2.05, 4.69) is 34.7 Å². The van der Waals surface area contributed by atoms with Crippen molar-refractivity contribution in [3.05, 3.63) is 70.0 Å². The van der Waals surface area contributed by atoms with Crippen molar-refractivity contribution in [3.63, 3.8) is 0 Å². The first kappa shape index (κ1) is 17.8. The summed E-state index contributed by atoms with van der Waals surface area (Å²) in [4.78, 5) is 24.6. The molecular weight excluding hydrogens is 328 g/mol. The molecule has 0 bridgehead atoms. The van der Waals surface area contributed by atoms with Crippen LogP contribution < -0.4 is 10.9 Å². The first-order chi connectivity index (χ1) is 12.6. The molecule has 6 heteroatoms. The average molecular weight is 350 g/mol. The molecule has 0 aliphatic carbocycles. The number of benzene rings is 2. The molecule has 1 heterocycles. The van der Waals surface area contributed by atoms with Gasteiger partial charge >= 0.3 is 0 Å². The van der Waals surface area contributed by atoms with Gasteiger partial charge < -0.3 is 5.32 Å². The number of nitrogens with one attached hydrogen (secondary N) is 1. The van der Waals surface area contributed by atoms with Crippen LogP contribution in [0.4, 0.5) is 0 Å². The molecule has 1 N–H and O–H groups in total. The highest BCUT2D eigenvalue weighted by molar-refractivity contribution is 5.77. The lowest BCUT2D eigenvalue weighted by Crippen LogP contribution is -2.30. The molecule has 3 aromatic rings. The largest absolute Gasteiger partial charge is 0.350 e. The average Bonchev–Trinajstić information content (AvgIpc) is 2.67. The van der Waals surface area contributed by atoms with Gasteiger partial charge in [-0.15, -0.1) is 5.10 Å². The molecule has 0 saturated carbocycles. The number of hydrogen-bond acceptors (Lipinski definition) is 4. The Morgan fingerprint density at radius 2 is 1.88 bits per heavy atom. The zero-order valence-electron chi connectivity index (χ0n) is 15.0. The number of rotatable bonds is 6. The van der Waals surface area contributed by atoms with Crippen molar-refractivity contribution in [2.24, 2.45) is 0 Å².